The zero-order chi connectivity index (χ0) is 13.9. The van der Waals surface area contributed by atoms with Crippen LogP contribution in [-0.2, 0) is 6.54 Å². The summed E-state index contributed by atoms with van der Waals surface area (Å²) in [6.07, 6.45) is 3.30. The second-order valence-electron chi connectivity index (χ2n) is 6.29. The number of hydrogen-bond donors (Lipinski definition) is 2. The minimum Gasteiger partial charge on any atom is -0.393 e. The molecule has 0 amide bonds. The van der Waals surface area contributed by atoms with E-state index in [1.54, 1.807) is 0 Å². The van der Waals surface area contributed by atoms with Crippen molar-refractivity contribution in [3.63, 3.8) is 0 Å². The number of piperidine rings is 1. The molecule has 1 fully saturated rings. The molecule has 3 nitrogen and oxygen atoms in total. The van der Waals surface area contributed by atoms with E-state index < -0.39 is 0 Å². The number of aliphatic hydroxyl groups excluding tert-OH is 1. The Balaban J connectivity index is 1.74. The van der Waals surface area contributed by atoms with Gasteiger partial charge < -0.3 is 10.4 Å². The minimum absolute atomic E-state index is 0.153. The first kappa shape index (κ1) is 14.1. The van der Waals surface area contributed by atoms with Gasteiger partial charge in [0, 0.05) is 12.6 Å². The monoisotopic (exact) mass is 274 g/mol. The highest BCUT2D eigenvalue weighted by Crippen LogP contribution is 2.33. The van der Waals surface area contributed by atoms with Gasteiger partial charge in [0.2, 0.25) is 0 Å². The van der Waals surface area contributed by atoms with Gasteiger partial charge in [-0.15, -0.1) is 0 Å². The predicted octanol–water partition coefficient (Wildman–Crippen LogP) is 2.31. The molecule has 110 valence electrons. The van der Waals surface area contributed by atoms with Crippen molar-refractivity contribution in [2.24, 2.45) is 5.92 Å². The number of hydrogen-bond acceptors (Lipinski definition) is 3. The van der Waals surface area contributed by atoms with Gasteiger partial charge in [0.1, 0.15) is 0 Å². The highest BCUT2D eigenvalue weighted by atomic mass is 16.3. The molecule has 2 aliphatic heterocycles. The molecule has 2 aliphatic rings. The molecule has 0 radical (unpaired) electrons. The summed E-state index contributed by atoms with van der Waals surface area (Å²) < 4.78 is 0. The molecule has 2 N–H and O–H groups in total. The van der Waals surface area contributed by atoms with Crippen LogP contribution in [0.15, 0.2) is 24.3 Å². The van der Waals surface area contributed by atoms with Gasteiger partial charge in [0.05, 0.1) is 6.10 Å². The van der Waals surface area contributed by atoms with Gasteiger partial charge in [-0.2, -0.15) is 0 Å². The van der Waals surface area contributed by atoms with Crippen molar-refractivity contribution in [1.29, 1.82) is 0 Å². The second kappa shape index (κ2) is 6.25. The van der Waals surface area contributed by atoms with E-state index in [4.69, 9.17) is 0 Å². The third-order valence-electron chi connectivity index (χ3n) is 5.02. The summed E-state index contributed by atoms with van der Waals surface area (Å²) in [5.41, 5.74) is 2.96. The summed E-state index contributed by atoms with van der Waals surface area (Å²) in [6, 6.07) is 9.41. The van der Waals surface area contributed by atoms with Crippen LogP contribution in [-0.4, -0.2) is 35.7 Å². The quantitative estimate of drug-likeness (QED) is 0.869. The van der Waals surface area contributed by atoms with Crippen LogP contribution in [0.1, 0.15) is 43.4 Å². The SMILES string of the molecule is CC(O)C1CCN(C2CCNCc3ccccc32)CC1. The molecular weight excluding hydrogens is 248 g/mol. The maximum Gasteiger partial charge on any atom is 0.0541 e. The molecule has 0 bridgehead atoms. The number of aliphatic hydroxyl groups is 1. The second-order valence-corrected chi connectivity index (χ2v) is 6.29. The van der Waals surface area contributed by atoms with E-state index in [0.29, 0.717) is 12.0 Å². The lowest BCUT2D eigenvalue weighted by atomic mass is 9.89. The summed E-state index contributed by atoms with van der Waals surface area (Å²) in [4.78, 5) is 2.63. The van der Waals surface area contributed by atoms with E-state index in [1.165, 1.54) is 17.5 Å². The van der Waals surface area contributed by atoms with Crippen molar-refractivity contribution >= 4 is 0 Å². The number of rotatable bonds is 2. The van der Waals surface area contributed by atoms with Gasteiger partial charge in [-0.25, -0.2) is 0 Å². The normalized spacial score (nSPS) is 26.8. The zero-order valence-corrected chi connectivity index (χ0v) is 12.4. The molecule has 3 heteroatoms. The molecule has 1 saturated heterocycles. The fraction of sp³-hybridized carbons (Fsp3) is 0.647. The first-order valence-electron chi connectivity index (χ1n) is 7.96. The van der Waals surface area contributed by atoms with Gasteiger partial charge in [-0.05, 0) is 62.9 Å². The number of likely N-dealkylation sites (tertiary alicyclic amines) is 1. The van der Waals surface area contributed by atoms with Crippen molar-refractivity contribution in [3.8, 4) is 0 Å². The first-order chi connectivity index (χ1) is 9.75. The van der Waals surface area contributed by atoms with Crippen LogP contribution in [0.4, 0.5) is 0 Å². The Kier molecular flexibility index (Phi) is 4.39. The van der Waals surface area contributed by atoms with Crippen molar-refractivity contribution in [2.75, 3.05) is 19.6 Å². The van der Waals surface area contributed by atoms with E-state index in [2.05, 4.69) is 34.5 Å². The Morgan fingerprint density at radius 1 is 1.20 bits per heavy atom. The molecule has 3 rings (SSSR count). The Hall–Kier alpha value is -0.900. The van der Waals surface area contributed by atoms with E-state index in [0.717, 1.165) is 39.0 Å². The summed E-state index contributed by atoms with van der Waals surface area (Å²) in [5, 5.41) is 13.3. The Morgan fingerprint density at radius 2 is 1.95 bits per heavy atom. The molecule has 2 atom stereocenters. The maximum absolute atomic E-state index is 9.75. The standard InChI is InChI=1S/C17H26N2O/c1-13(20)14-7-10-19(11-8-14)17-6-9-18-12-15-4-2-3-5-16(15)17/h2-5,13-14,17-18,20H,6-12H2,1H3. The summed E-state index contributed by atoms with van der Waals surface area (Å²) in [5.74, 6) is 0.491. The summed E-state index contributed by atoms with van der Waals surface area (Å²) in [7, 11) is 0. The van der Waals surface area contributed by atoms with E-state index in [9.17, 15) is 5.11 Å². The Labute approximate surface area is 122 Å². The van der Waals surface area contributed by atoms with Crippen molar-refractivity contribution in [3.05, 3.63) is 35.4 Å². The topological polar surface area (TPSA) is 35.5 Å². The minimum atomic E-state index is -0.153. The van der Waals surface area contributed by atoms with Crippen molar-refractivity contribution in [1.82, 2.24) is 10.2 Å². The lowest BCUT2D eigenvalue weighted by Gasteiger charge is -2.38. The molecule has 0 aromatic heterocycles. The third kappa shape index (κ3) is 2.90. The fourth-order valence-electron chi connectivity index (χ4n) is 3.73. The van der Waals surface area contributed by atoms with Crippen LogP contribution in [0.5, 0.6) is 0 Å². The van der Waals surface area contributed by atoms with Crippen LogP contribution >= 0.6 is 0 Å². The van der Waals surface area contributed by atoms with E-state index >= 15 is 0 Å². The van der Waals surface area contributed by atoms with Crippen LogP contribution in [0, 0.1) is 5.92 Å². The zero-order valence-electron chi connectivity index (χ0n) is 12.4. The highest BCUT2D eigenvalue weighted by molar-refractivity contribution is 5.31. The first-order valence-corrected chi connectivity index (χ1v) is 7.96. The number of fused-ring (bicyclic) bond motifs is 1. The van der Waals surface area contributed by atoms with E-state index in [-0.39, 0.29) is 6.10 Å². The molecule has 0 spiro atoms. The molecule has 1 aromatic carbocycles. The lowest BCUT2D eigenvalue weighted by molar-refractivity contribution is 0.0540. The fourth-order valence-corrected chi connectivity index (χ4v) is 3.73. The number of benzene rings is 1. The average Bonchev–Trinajstić information content (AvgIpc) is 2.69. The lowest BCUT2D eigenvalue weighted by Crippen LogP contribution is -2.39. The Morgan fingerprint density at radius 3 is 2.70 bits per heavy atom. The van der Waals surface area contributed by atoms with Crippen molar-refractivity contribution < 1.29 is 5.11 Å². The molecule has 0 saturated carbocycles. The Bertz CT molecular complexity index is 438. The van der Waals surface area contributed by atoms with Crippen LogP contribution in [0.3, 0.4) is 0 Å². The van der Waals surface area contributed by atoms with Crippen LogP contribution in [0.25, 0.3) is 0 Å². The molecule has 2 heterocycles. The number of nitrogens with one attached hydrogen (secondary N) is 1. The maximum atomic E-state index is 9.75. The van der Waals surface area contributed by atoms with Gasteiger partial charge in [-0.3, -0.25) is 4.90 Å². The van der Waals surface area contributed by atoms with Gasteiger partial charge in [0.25, 0.3) is 0 Å². The molecular formula is C17H26N2O. The van der Waals surface area contributed by atoms with Crippen molar-refractivity contribution in [2.45, 2.75) is 44.9 Å². The summed E-state index contributed by atoms with van der Waals surface area (Å²) in [6.45, 7) is 6.26. The summed E-state index contributed by atoms with van der Waals surface area (Å²) >= 11 is 0. The van der Waals surface area contributed by atoms with Crippen LogP contribution in [0.2, 0.25) is 0 Å². The largest absolute Gasteiger partial charge is 0.393 e. The van der Waals surface area contributed by atoms with Gasteiger partial charge in [0.15, 0.2) is 0 Å². The molecule has 20 heavy (non-hydrogen) atoms. The number of nitrogens with zero attached hydrogens (tertiary/aromatic N) is 1. The van der Waals surface area contributed by atoms with Crippen LogP contribution < -0.4 is 5.32 Å². The van der Waals surface area contributed by atoms with Gasteiger partial charge in [-0.1, -0.05) is 24.3 Å². The molecule has 0 aliphatic carbocycles. The average molecular weight is 274 g/mol. The highest BCUT2D eigenvalue weighted by Gasteiger charge is 2.29. The molecule has 2 unspecified atom stereocenters. The third-order valence-corrected chi connectivity index (χ3v) is 5.02. The van der Waals surface area contributed by atoms with Gasteiger partial charge >= 0.3 is 0 Å². The smallest absolute Gasteiger partial charge is 0.0541 e. The molecule has 1 aromatic rings. The predicted molar refractivity (Wildman–Crippen MR) is 81.5 cm³/mol. The van der Waals surface area contributed by atoms with E-state index in [1.807, 2.05) is 6.92 Å².